The highest BCUT2D eigenvalue weighted by Gasteiger charge is 2.27. The Bertz CT molecular complexity index is 1290. The normalized spacial score (nSPS) is 17.1. The number of benzene rings is 2. The van der Waals surface area contributed by atoms with Crippen molar-refractivity contribution in [3.05, 3.63) is 70.8 Å². The third-order valence-electron chi connectivity index (χ3n) is 6.49. The summed E-state index contributed by atoms with van der Waals surface area (Å²) in [5.41, 5.74) is 4.75. The number of nitrogens with zero attached hydrogens (tertiary/aromatic N) is 4. The molecule has 36 heavy (non-hydrogen) atoms. The lowest BCUT2D eigenvalue weighted by Crippen LogP contribution is -2.33. The van der Waals surface area contributed by atoms with Gasteiger partial charge in [0.2, 0.25) is 0 Å². The highest BCUT2D eigenvalue weighted by atomic mass is 32.2. The van der Waals surface area contributed by atoms with Crippen molar-refractivity contribution >= 4 is 28.9 Å². The van der Waals surface area contributed by atoms with Gasteiger partial charge in [-0.15, -0.1) is 0 Å². The highest BCUT2D eigenvalue weighted by Crippen LogP contribution is 2.35. The maximum Gasteiger partial charge on any atom is 0.286 e. The summed E-state index contributed by atoms with van der Waals surface area (Å²) in [6.45, 7) is 6.87. The molecule has 186 valence electrons. The Balaban J connectivity index is 1.48. The molecule has 1 aromatic heterocycles. The lowest BCUT2D eigenvalue weighted by Gasteiger charge is -2.27. The molecule has 6 nitrogen and oxygen atoms in total. The number of thioether (sulfide) groups is 1. The summed E-state index contributed by atoms with van der Waals surface area (Å²) in [6, 6.07) is 16.2. The molecule has 7 heteroatoms. The highest BCUT2D eigenvalue weighted by molar-refractivity contribution is 8.18. The number of piperidine rings is 1. The molecule has 1 saturated heterocycles. The van der Waals surface area contributed by atoms with Gasteiger partial charge in [-0.1, -0.05) is 31.5 Å². The van der Waals surface area contributed by atoms with Crippen molar-refractivity contribution < 1.29 is 9.53 Å². The Hall–Kier alpha value is -3.32. The number of para-hydroxylation sites is 1. The summed E-state index contributed by atoms with van der Waals surface area (Å²) in [4.78, 5) is 20.1. The number of aliphatic imine (C=N–C) groups is 1. The number of rotatable bonds is 7. The fraction of sp³-hybridized carbons (Fsp3) is 0.345. The number of aromatic nitrogens is 2. The van der Waals surface area contributed by atoms with Crippen LogP contribution >= 0.6 is 11.8 Å². The van der Waals surface area contributed by atoms with Gasteiger partial charge in [-0.2, -0.15) is 10.1 Å². The summed E-state index contributed by atoms with van der Waals surface area (Å²) in [5.74, 6) is 0.727. The third-order valence-corrected chi connectivity index (χ3v) is 7.53. The van der Waals surface area contributed by atoms with Crippen molar-refractivity contribution in [1.29, 1.82) is 0 Å². The first kappa shape index (κ1) is 24.4. The van der Waals surface area contributed by atoms with Crippen molar-refractivity contribution in [2.45, 2.75) is 46.0 Å². The summed E-state index contributed by atoms with van der Waals surface area (Å²) in [7, 11) is 0. The quantitative estimate of drug-likeness (QED) is 0.274. The lowest BCUT2D eigenvalue weighted by atomic mass is 10.0. The molecule has 0 radical (unpaired) electrons. The van der Waals surface area contributed by atoms with Gasteiger partial charge < -0.3 is 9.64 Å². The molecule has 2 aliphatic heterocycles. The Kier molecular flexibility index (Phi) is 7.56. The number of hydrogen-bond donors (Lipinski definition) is 0. The minimum Gasteiger partial charge on any atom is -0.493 e. The Morgan fingerprint density at radius 1 is 1.08 bits per heavy atom. The van der Waals surface area contributed by atoms with E-state index in [4.69, 9.17) is 9.84 Å². The molecular weight excluding hydrogens is 468 g/mol. The van der Waals surface area contributed by atoms with E-state index in [0.29, 0.717) is 4.91 Å². The Morgan fingerprint density at radius 3 is 2.64 bits per heavy atom. The number of carbonyl (C=O) groups is 1. The fourth-order valence-electron chi connectivity index (χ4n) is 4.48. The molecule has 5 rings (SSSR count). The smallest absolute Gasteiger partial charge is 0.286 e. The Morgan fingerprint density at radius 2 is 1.89 bits per heavy atom. The first-order chi connectivity index (χ1) is 17.6. The van der Waals surface area contributed by atoms with Gasteiger partial charge in [-0.05, 0) is 86.3 Å². The topological polar surface area (TPSA) is 59.7 Å². The van der Waals surface area contributed by atoms with E-state index in [0.717, 1.165) is 84.4 Å². The van der Waals surface area contributed by atoms with Gasteiger partial charge in [0.1, 0.15) is 11.4 Å². The number of carbonyl (C=O) groups excluding carboxylic acids is 1. The van der Waals surface area contributed by atoms with E-state index >= 15 is 0 Å². The predicted octanol–water partition coefficient (Wildman–Crippen LogP) is 6.48. The molecule has 0 aliphatic carbocycles. The molecule has 0 bridgehead atoms. The SMILES string of the molecule is CCCCOc1ccc(-c2nn(-c3ccccc3)cc2C=C2SC(N3CCCCC3)=NC2=O)cc1C. The van der Waals surface area contributed by atoms with Crippen LogP contribution in [0.15, 0.2) is 64.6 Å². The molecule has 0 atom stereocenters. The molecule has 3 heterocycles. The van der Waals surface area contributed by atoms with E-state index in [1.54, 1.807) is 0 Å². The van der Waals surface area contributed by atoms with Crippen molar-refractivity contribution in [3.8, 4) is 22.7 Å². The standard InChI is InChI=1S/C29H32N4O2S/c1-3-4-17-35-25-14-13-22(18-21(25)2)27-23(20-33(31-27)24-11-7-5-8-12-24)19-26-28(34)30-29(36-26)32-15-9-6-10-16-32/h5,7-8,11-14,18-20H,3-4,6,9-10,15-17H2,1-2H3. The lowest BCUT2D eigenvalue weighted by molar-refractivity contribution is -0.113. The van der Waals surface area contributed by atoms with Gasteiger partial charge >= 0.3 is 0 Å². The third kappa shape index (κ3) is 5.41. The van der Waals surface area contributed by atoms with Crippen molar-refractivity contribution in [2.24, 2.45) is 4.99 Å². The van der Waals surface area contributed by atoms with E-state index in [1.165, 1.54) is 18.2 Å². The maximum absolute atomic E-state index is 12.8. The molecule has 1 fully saturated rings. The number of likely N-dealkylation sites (tertiary alicyclic amines) is 1. The van der Waals surface area contributed by atoms with Crippen LogP contribution in [0.3, 0.4) is 0 Å². The zero-order valence-corrected chi connectivity index (χ0v) is 21.8. The van der Waals surface area contributed by atoms with Crippen LogP contribution in [0.4, 0.5) is 0 Å². The van der Waals surface area contributed by atoms with Gasteiger partial charge in [0.25, 0.3) is 5.91 Å². The van der Waals surface area contributed by atoms with Gasteiger partial charge in [-0.25, -0.2) is 4.68 Å². The van der Waals surface area contributed by atoms with Crippen molar-refractivity contribution in [2.75, 3.05) is 19.7 Å². The summed E-state index contributed by atoms with van der Waals surface area (Å²) in [6.07, 6.45) is 9.62. The van der Waals surface area contributed by atoms with Gasteiger partial charge in [0.05, 0.1) is 17.2 Å². The predicted molar refractivity (Wildman–Crippen MR) is 148 cm³/mol. The monoisotopic (exact) mass is 500 g/mol. The number of unbranched alkanes of at least 4 members (excludes halogenated alkanes) is 1. The average molecular weight is 501 g/mol. The van der Waals surface area contributed by atoms with Crippen molar-refractivity contribution in [3.63, 3.8) is 0 Å². The van der Waals surface area contributed by atoms with Crippen LogP contribution in [0.25, 0.3) is 23.0 Å². The van der Waals surface area contributed by atoms with E-state index in [-0.39, 0.29) is 5.91 Å². The van der Waals surface area contributed by atoms with E-state index in [9.17, 15) is 4.79 Å². The molecule has 0 saturated carbocycles. The maximum atomic E-state index is 12.8. The van der Waals surface area contributed by atoms with Crippen LogP contribution in [0.2, 0.25) is 0 Å². The van der Waals surface area contributed by atoms with Crippen molar-refractivity contribution in [1.82, 2.24) is 14.7 Å². The van der Waals surface area contributed by atoms with E-state index in [2.05, 4.69) is 29.8 Å². The summed E-state index contributed by atoms with van der Waals surface area (Å²) in [5, 5.41) is 5.76. The molecule has 1 amide bonds. The van der Waals surface area contributed by atoms with Crippen LogP contribution < -0.4 is 4.74 Å². The van der Waals surface area contributed by atoms with Gasteiger partial charge in [0.15, 0.2) is 5.17 Å². The first-order valence-electron chi connectivity index (χ1n) is 12.8. The first-order valence-corrected chi connectivity index (χ1v) is 13.6. The number of aryl methyl sites for hydroxylation is 1. The summed E-state index contributed by atoms with van der Waals surface area (Å²) < 4.78 is 7.83. The number of amidine groups is 1. The second kappa shape index (κ2) is 11.2. The van der Waals surface area contributed by atoms with Crippen LogP contribution in [-0.4, -0.2) is 45.5 Å². The zero-order chi connectivity index (χ0) is 24.9. The minimum atomic E-state index is -0.171. The molecule has 0 unspecified atom stereocenters. The molecular formula is C29H32N4O2S. The fourth-order valence-corrected chi connectivity index (χ4v) is 5.43. The summed E-state index contributed by atoms with van der Waals surface area (Å²) >= 11 is 1.48. The number of amides is 1. The van der Waals surface area contributed by atoms with Crippen LogP contribution in [0.1, 0.15) is 50.2 Å². The molecule has 3 aromatic rings. The van der Waals surface area contributed by atoms with Gasteiger partial charge in [-0.3, -0.25) is 4.79 Å². The Labute approximate surface area is 217 Å². The minimum absolute atomic E-state index is 0.171. The van der Waals surface area contributed by atoms with Crippen LogP contribution in [0, 0.1) is 6.92 Å². The second-order valence-electron chi connectivity index (χ2n) is 9.25. The van der Waals surface area contributed by atoms with E-state index < -0.39 is 0 Å². The van der Waals surface area contributed by atoms with Crippen LogP contribution in [0.5, 0.6) is 5.75 Å². The van der Waals surface area contributed by atoms with Gasteiger partial charge in [0, 0.05) is 30.4 Å². The molecule has 2 aliphatic rings. The number of hydrogen-bond acceptors (Lipinski definition) is 5. The largest absolute Gasteiger partial charge is 0.493 e. The molecule has 0 N–H and O–H groups in total. The zero-order valence-electron chi connectivity index (χ0n) is 20.9. The molecule has 0 spiro atoms. The number of ether oxygens (including phenoxy) is 1. The molecule has 2 aromatic carbocycles. The van der Waals surface area contributed by atoms with E-state index in [1.807, 2.05) is 59.4 Å². The average Bonchev–Trinajstić information content (AvgIpc) is 3.50. The second-order valence-corrected chi connectivity index (χ2v) is 10.3. The van der Waals surface area contributed by atoms with Crippen LogP contribution in [-0.2, 0) is 4.79 Å².